The lowest BCUT2D eigenvalue weighted by atomic mass is 9.79. The minimum atomic E-state index is -0.836. The van der Waals surface area contributed by atoms with Crippen molar-refractivity contribution in [2.75, 3.05) is 6.61 Å². The van der Waals surface area contributed by atoms with E-state index in [0.29, 0.717) is 32.3 Å². The van der Waals surface area contributed by atoms with Gasteiger partial charge in [-0.3, -0.25) is 4.79 Å². The second kappa shape index (κ2) is 5.53. The number of benzene rings is 1. The molecule has 1 aromatic rings. The smallest absolute Gasteiger partial charge is 0.133 e. The van der Waals surface area contributed by atoms with Crippen LogP contribution < -0.4 is 4.74 Å². The van der Waals surface area contributed by atoms with Gasteiger partial charge >= 0.3 is 0 Å². The van der Waals surface area contributed by atoms with E-state index < -0.39 is 5.60 Å². The Balaban J connectivity index is 2.06. The quantitative estimate of drug-likeness (QED) is 0.891. The Bertz CT molecular complexity index is 398. The lowest BCUT2D eigenvalue weighted by Crippen LogP contribution is -2.31. The topological polar surface area (TPSA) is 46.5 Å². The summed E-state index contributed by atoms with van der Waals surface area (Å²) >= 11 is 0. The van der Waals surface area contributed by atoms with Gasteiger partial charge in [-0.05, 0) is 37.0 Å². The first-order valence-corrected chi connectivity index (χ1v) is 6.61. The van der Waals surface area contributed by atoms with Crippen LogP contribution in [0.15, 0.2) is 24.3 Å². The van der Waals surface area contributed by atoms with Crippen LogP contribution in [0.5, 0.6) is 5.75 Å². The van der Waals surface area contributed by atoms with Gasteiger partial charge in [-0.1, -0.05) is 19.1 Å². The number of carbonyl (C=O) groups excluding carboxylic acids is 1. The van der Waals surface area contributed by atoms with E-state index in [9.17, 15) is 9.90 Å². The molecule has 0 heterocycles. The summed E-state index contributed by atoms with van der Waals surface area (Å²) in [5.41, 5.74) is 0.0517. The third-order valence-electron chi connectivity index (χ3n) is 3.50. The van der Waals surface area contributed by atoms with E-state index in [1.165, 1.54) is 0 Å². The van der Waals surface area contributed by atoms with E-state index >= 15 is 0 Å². The van der Waals surface area contributed by atoms with Crippen molar-refractivity contribution in [1.29, 1.82) is 0 Å². The molecule has 1 aliphatic rings. The second-order valence-corrected chi connectivity index (χ2v) is 4.94. The number of hydrogen-bond acceptors (Lipinski definition) is 3. The van der Waals surface area contributed by atoms with Crippen LogP contribution in [-0.4, -0.2) is 17.5 Å². The number of carbonyl (C=O) groups is 1. The van der Waals surface area contributed by atoms with Gasteiger partial charge in [0.25, 0.3) is 0 Å². The van der Waals surface area contributed by atoms with Crippen LogP contribution in [0.25, 0.3) is 0 Å². The van der Waals surface area contributed by atoms with Gasteiger partial charge in [-0.25, -0.2) is 0 Å². The summed E-state index contributed by atoms with van der Waals surface area (Å²) in [6.45, 7) is 2.77. The number of Topliss-reactive ketones (excluding diaryl/α,β-unsaturated/α-hetero) is 1. The van der Waals surface area contributed by atoms with Gasteiger partial charge in [-0.2, -0.15) is 0 Å². The first-order valence-electron chi connectivity index (χ1n) is 6.61. The van der Waals surface area contributed by atoms with E-state index in [2.05, 4.69) is 6.92 Å². The van der Waals surface area contributed by atoms with Crippen LogP contribution in [0.3, 0.4) is 0 Å². The SMILES string of the molecule is CCCOc1ccc(C2(O)CCC(=O)CC2)cc1. The molecule has 0 aromatic heterocycles. The molecule has 3 heteroatoms. The predicted molar refractivity (Wildman–Crippen MR) is 69.6 cm³/mol. The average Bonchev–Trinajstić information content (AvgIpc) is 2.40. The van der Waals surface area contributed by atoms with Crippen LogP contribution in [-0.2, 0) is 10.4 Å². The lowest BCUT2D eigenvalue weighted by Gasteiger charge is -2.32. The van der Waals surface area contributed by atoms with Crippen molar-refractivity contribution in [3.8, 4) is 5.75 Å². The van der Waals surface area contributed by atoms with Crippen LogP contribution in [0.4, 0.5) is 0 Å². The molecular formula is C15H20O3. The summed E-state index contributed by atoms with van der Waals surface area (Å²) < 4.78 is 5.51. The third kappa shape index (κ3) is 2.91. The van der Waals surface area contributed by atoms with E-state index in [0.717, 1.165) is 17.7 Å². The highest BCUT2D eigenvalue weighted by atomic mass is 16.5. The Kier molecular flexibility index (Phi) is 4.02. The Morgan fingerprint density at radius 3 is 2.39 bits per heavy atom. The number of rotatable bonds is 4. The third-order valence-corrected chi connectivity index (χ3v) is 3.50. The van der Waals surface area contributed by atoms with Gasteiger partial charge in [0.2, 0.25) is 0 Å². The molecule has 1 aromatic carbocycles. The highest BCUT2D eigenvalue weighted by Gasteiger charge is 2.33. The standard InChI is InChI=1S/C15H20O3/c1-2-11-18-14-5-3-12(4-6-14)15(17)9-7-13(16)8-10-15/h3-6,17H,2,7-11H2,1H3. The van der Waals surface area contributed by atoms with E-state index in [1.807, 2.05) is 24.3 Å². The van der Waals surface area contributed by atoms with Crippen molar-refractivity contribution < 1.29 is 14.6 Å². The summed E-state index contributed by atoms with van der Waals surface area (Å²) in [6, 6.07) is 7.58. The minimum Gasteiger partial charge on any atom is -0.494 e. The largest absolute Gasteiger partial charge is 0.494 e. The molecule has 98 valence electrons. The Hall–Kier alpha value is -1.35. The summed E-state index contributed by atoms with van der Waals surface area (Å²) in [4.78, 5) is 11.2. The lowest BCUT2D eigenvalue weighted by molar-refractivity contribution is -0.125. The highest BCUT2D eigenvalue weighted by molar-refractivity contribution is 5.79. The summed E-state index contributed by atoms with van der Waals surface area (Å²) in [5.74, 6) is 1.08. The zero-order valence-corrected chi connectivity index (χ0v) is 10.8. The molecule has 0 bridgehead atoms. The molecule has 0 aliphatic heterocycles. The summed E-state index contributed by atoms with van der Waals surface area (Å²) in [7, 11) is 0. The fourth-order valence-corrected chi connectivity index (χ4v) is 2.31. The highest BCUT2D eigenvalue weighted by Crippen LogP contribution is 2.36. The maximum absolute atomic E-state index is 11.2. The van der Waals surface area contributed by atoms with Crippen molar-refractivity contribution in [3.05, 3.63) is 29.8 Å². The van der Waals surface area contributed by atoms with Crippen LogP contribution in [0.2, 0.25) is 0 Å². The van der Waals surface area contributed by atoms with Crippen LogP contribution >= 0.6 is 0 Å². The van der Waals surface area contributed by atoms with Crippen molar-refractivity contribution in [3.63, 3.8) is 0 Å². The molecule has 0 atom stereocenters. The monoisotopic (exact) mass is 248 g/mol. The molecule has 0 unspecified atom stereocenters. The first-order chi connectivity index (χ1) is 8.64. The molecule has 1 N–H and O–H groups in total. The molecule has 2 rings (SSSR count). The Morgan fingerprint density at radius 2 is 1.83 bits per heavy atom. The Morgan fingerprint density at radius 1 is 1.22 bits per heavy atom. The molecule has 0 saturated heterocycles. The van der Waals surface area contributed by atoms with E-state index in [1.54, 1.807) is 0 Å². The Labute approximate surface area is 108 Å². The maximum atomic E-state index is 11.2. The van der Waals surface area contributed by atoms with Crippen molar-refractivity contribution in [1.82, 2.24) is 0 Å². The molecule has 1 fully saturated rings. The van der Waals surface area contributed by atoms with Crippen LogP contribution in [0.1, 0.15) is 44.6 Å². The van der Waals surface area contributed by atoms with Gasteiger partial charge < -0.3 is 9.84 Å². The minimum absolute atomic E-state index is 0.252. The van der Waals surface area contributed by atoms with Crippen LogP contribution in [0, 0.1) is 0 Å². The first kappa shape index (κ1) is 13.1. The molecule has 0 amide bonds. The molecule has 3 nitrogen and oxygen atoms in total. The fraction of sp³-hybridized carbons (Fsp3) is 0.533. The molecule has 1 saturated carbocycles. The zero-order chi connectivity index (χ0) is 13.0. The maximum Gasteiger partial charge on any atom is 0.133 e. The fourth-order valence-electron chi connectivity index (χ4n) is 2.31. The molecule has 0 radical (unpaired) electrons. The van der Waals surface area contributed by atoms with Gasteiger partial charge in [0, 0.05) is 12.8 Å². The summed E-state index contributed by atoms with van der Waals surface area (Å²) in [6.07, 6.45) is 2.99. The van der Waals surface area contributed by atoms with E-state index in [4.69, 9.17) is 4.74 Å². The number of ether oxygens (including phenoxy) is 1. The number of aliphatic hydroxyl groups is 1. The average molecular weight is 248 g/mol. The molecule has 18 heavy (non-hydrogen) atoms. The normalized spacial score (nSPS) is 18.7. The van der Waals surface area contributed by atoms with Crippen molar-refractivity contribution in [2.45, 2.75) is 44.6 Å². The summed E-state index contributed by atoms with van der Waals surface area (Å²) in [5, 5.41) is 10.5. The van der Waals surface area contributed by atoms with Crippen molar-refractivity contribution >= 4 is 5.78 Å². The van der Waals surface area contributed by atoms with Gasteiger partial charge in [-0.15, -0.1) is 0 Å². The molecule has 0 spiro atoms. The molecule has 1 aliphatic carbocycles. The van der Waals surface area contributed by atoms with Gasteiger partial charge in [0.1, 0.15) is 11.5 Å². The van der Waals surface area contributed by atoms with E-state index in [-0.39, 0.29) is 5.78 Å². The molecular weight excluding hydrogens is 228 g/mol. The number of hydrogen-bond donors (Lipinski definition) is 1. The second-order valence-electron chi connectivity index (χ2n) is 4.94. The van der Waals surface area contributed by atoms with Crippen molar-refractivity contribution in [2.24, 2.45) is 0 Å². The number of ketones is 1. The zero-order valence-electron chi connectivity index (χ0n) is 10.8. The van der Waals surface area contributed by atoms with Gasteiger partial charge in [0.05, 0.1) is 12.2 Å². The van der Waals surface area contributed by atoms with Gasteiger partial charge in [0.15, 0.2) is 0 Å². The predicted octanol–water partition coefficient (Wildman–Crippen LogP) is 2.81.